The van der Waals surface area contributed by atoms with Crippen LogP contribution < -0.4 is 11.1 Å². The Labute approximate surface area is 71.6 Å². The van der Waals surface area contributed by atoms with Crippen molar-refractivity contribution < 1.29 is 4.39 Å². The van der Waals surface area contributed by atoms with Crippen molar-refractivity contribution in [3.63, 3.8) is 0 Å². The SMILES string of the molecule is Cc1cc(NCCF)ccc1N. The minimum atomic E-state index is -0.358. The second-order valence-electron chi connectivity index (χ2n) is 2.69. The van der Waals surface area contributed by atoms with E-state index in [9.17, 15) is 4.39 Å². The third-order valence-electron chi connectivity index (χ3n) is 1.69. The van der Waals surface area contributed by atoms with Crippen LogP contribution in [0.4, 0.5) is 15.8 Å². The molecule has 0 saturated carbocycles. The number of anilines is 2. The Hall–Kier alpha value is -1.25. The van der Waals surface area contributed by atoms with Gasteiger partial charge < -0.3 is 11.1 Å². The van der Waals surface area contributed by atoms with E-state index in [4.69, 9.17) is 5.73 Å². The fourth-order valence-corrected chi connectivity index (χ4v) is 0.977. The van der Waals surface area contributed by atoms with Crippen LogP contribution in [-0.2, 0) is 0 Å². The van der Waals surface area contributed by atoms with Gasteiger partial charge in [0.15, 0.2) is 0 Å². The molecule has 0 atom stereocenters. The van der Waals surface area contributed by atoms with Crippen molar-refractivity contribution in [3.05, 3.63) is 23.8 Å². The molecule has 0 aliphatic carbocycles. The van der Waals surface area contributed by atoms with Gasteiger partial charge in [0.1, 0.15) is 6.67 Å². The van der Waals surface area contributed by atoms with E-state index in [0.717, 1.165) is 16.9 Å². The summed E-state index contributed by atoms with van der Waals surface area (Å²) < 4.78 is 11.8. The van der Waals surface area contributed by atoms with E-state index >= 15 is 0 Å². The normalized spacial score (nSPS) is 9.83. The molecule has 0 fully saturated rings. The molecular formula is C9H13FN2. The molecule has 3 heteroatoms. The van der Waals surface area contributed by atoms with Gasteiger partial charge in [0, 0.05) is 17.9 Å². The Morgan fingerprint density at radius 2 is 2.25 bits per heavy atom. The van der Waals surface area contributed by atoms with Crippen LogP contribution in [0.5, 0.6) is 0 Å². The largest absolute Gasteiger partial charge is 0.399 e. The Balaban J connectivity index is 2.69. The van der Waals surface area contributed by atoms with Crippen LogP contribution in [0.1, 0.15) is 5.56 Å². The summed E-state index contributed by atoms with van der Waals surface area (Å²) >= 11 is 0. The average Bonchev–Trinajstić information content (AvgIpc) is 2.07. The summed E-state index contributed by atoms with van der Waals surface area (Å²) in [6.07, 6.45) is 0. The maximum atomic E-state index is 11.8. The quantitative estimate of drug-likeness (QED) is 0.677. The third kappa shape index (κ3) is 2.12. The first kappa shape index (κ1) is 8.84. The molecule has 0 bridgehead atoms. The Kier molecular flexibility index (Phi) is 2.91. The molecule has 0 amide bonds. The second-order valence-corrected chi connectivity index (χ2v) is 2.69. The molecule has 0 saturated heterocycles. The molecule has 0 radical (unpaired) electrons. The van der Waals surface area contributed by atoms with Crippen LogP contribution in [0.2, 0.25) is 0 Å². The second kappa shape index (κ2) is 3.95. The van der Waals surface area contributed by atoms with Crippen LogP contribution in [-0.4, -0.2) is 13.2 Å². The standard InChI is InChI=1S/C9H13FN2/c1-7-6-8(12-5-4-10)2-3-9(7)11/h2-3,6,12H,4-5,11H2,1H3. The average molecular weight is 168 g/mol. The van der Waals surface area contributed by atoms with Crippen molar-refractivity contribution in [2.24, 2.45) is 0 Å². The first-order chi connectivity index (χ1) is 5.74. The first-order valence-electron chi connectivity index (χ1n) is 3.90. The minimum Gasteiger partial charge on any atom is -0.399 e. The molecule has 0 spiro atoms. The van der Waals surface area contributed by atoms with Crippen molar-refractivity contribution in [3.8, 4) is 0 Å². The zero-order chi connectivity index (χ0) is 8.97. The molecule has 2 nitrogen and oxygen atoms in total. The van der Waals surface area contributed by atoms with Gasteiger partial charge in [-0.2, -0.15) is 0 Å². The zero-order valence-corrected chi connectivity index (χ0v) is 7.10. The molecule has 0 aromatic heterocycles. The predicted octanol–water partition coefficient (Wildman–Crippen LogP) is 1.96. The molecule has 12 heavy (non-hydrogen) atoms. The highest BCUT2D eigenvalue weighted by atomic mass is 19.1. The number of nitrogens with two attached hydrogens (primary N) is 1. The third-order valence-corrected chi connectivity index (χ3v) is 1.69. The Morgan fingerprint density at radius 1 is 1.50 bits per heavy atom. The fraction of sp³-hybridized carbons (Fsp3) is 0.333. The van der Waals surface area contributed by atoms with Crippen LogP contribution >= 0.6 is 0 Å². The molecular weight excluding hydrogens is 155 g/mol. The zero-order valence-electron chi connectivity index (χ0n) is 7.10. The number of hydrogen-bond donors (Lipinski definition) is 2. The lowest BCUT2D eigenvalue weighted by atomic mass is 10.2. The number of alkyl halides is 1. The van der Waals surface area contributed by atoms with Gasteiger partial charge >= 0.3 is 0 Å². The van der Waals surface area contributed by atoms with E-state index in [1.807, 2.05) is 25.1 Å². The highest BCUT2D eigenvalue weighted by Gasteiger charge is 1.94. The molecule has 1 aromatic carbocycles. The van der Waals surface area contributed by atoms with Gasteiger partial charge in [0.2, 0.25) is 0 Å². The summed E-state index contributed by atoms with van der Waals surface area (Å²) in [6.45, 7) is 1.92. The Morgan fingerprint density at radius 3 is 2.83 bits per heavy atom. The van der Waals surface area contributed by atoms with Crippen molar-refractivity contribution in [2.75, 3.05) is 24.3 Å². The van der Waals surface area contributed by atoms with E-state index in [-0.39, 0.29) is 6.67 Å². The summed E-state index contributed by atoms with van der Waals surface area (Å²) in [6, 6.07) is 5.57. The molecule has 0 unspecified atom stereocenters. The van der Waals surface area contributed by atoms with Crippen LogP contribution in [0.25, 0.3) is 0 Å². The van der Waals surface area contributed by atoms with Crippen molar-refractivity contribution in [1.82, 2.24) is 0 Å². The highest BCUT2D eigenvalue weighted by Crippen LogP contribution is 2.15. The molecule has 0 aliphatic rings. The monoisotopic (exact) mass is 168 g/mol. The van der Waals surface area contributed by atoms with Gasteiger partial charge in [-0.05, 0) is 30.7 Å². The van der Waals surface area contributed by atoms with E-state index in [2.05, 4.69) is 5.32 Å². The summed E-state index contributed by atoms with van der Waals surface area (Å²) in [7, 11) is 0. The van der Waals surface area contributed by atoms with Crippen LogP contribution in [0, 0.1) is 6.92 Å². The van der Waals surface area contributed by atoms with Gasteiger partial charge in [0.05, 0.1) is 0 Å². The number of halogens is 1. The summed E-state index contributed by atoms with van der Waals surface area (Å²) in [5, 5.41) is 2.93. The smallest absolute Gasteiger partial charge is 0.107 e. The lowest BCUT2D eigenvalue weighted by Gasteiger charge is -2.05. The van der Waals surface area contributed by atoms with E-state index in [1.165, 1.54) is 0 Å². The number of nitrogen functional groups attached to an aromatic ring is 1. The molecule has 66 valence electrons. The van der Waals surface area contributed by atoms with Crippen LogP contribution in [0.3, 0.4) is 0 Å². The molecule has 3 N–H and O–H groups in total. The van der Waals surface area contributed by atoms with E-state index < -0.39 is 0 Å². The molecule has 0 heterocycles. The van der Waals surface area contributed by atoms with Crippen molar-refractivity contribution in [2.45, 2.75) is 6.92 Å². The van der Waals surface area contributed by atoms with Gasteiger partial charge in [-0.25, -0.2) is 4.39 Å². The number of benzene rings is 1. The van der Waals surface area contributed by atoms with Crippen molar-refractivity contribution >= 4 is 11.4 Å². The maximum Gasteiger partial charge on any atom is 0.107 e. The molecule has 1 rings (SSSR count). The topological polar surface area (TPSA) is 38.0 Å². The Bertz CT molecular complexity index is 261. The summed E-state index contributed by atoms with van der Waals surface area (Å²) in [5.41, 5.74) is 8.31. The van der Waals surface area contributed by atoms with Crippen LogP contribution in [0.15, 0.2) is 18.2 Å². The summed E-state index contributed by atoms with van der Waals surface area (Å²) in [4.78, 5) is 0. The lowest BCUT2D eigenvalue weighted by molar-refractivity contribution is 0.513. The van der Waals surface area contributed by atoms with Crippen molar-refractivity contribution in [1.29, 1.82) is 0 Å². The van der Waals surface area contributed by atoms with Gasteiger partial charge in [-0.15, -0.1) is 0 Å². The van der Waals surface area contributed by atoms with E-state index in [0.29, 0.717) is 6.54 Å². The fourth-order valence-electron chi connectivity index (χ4n) is 0.977. The number of nitrogens with one attached hydrogen (secondary N) is 1. The number of aryl methyl sites for hydroxylation is 1. The highest BCUT2D eigenvalue weighted by molar-refractivity contribution is 5.56. The molecule has 0 aliphatic heterocycles. The van der Waals surface area contributed by atoms with Gasteiger partial charge in [-0.3, -0.25) is 0 Å². The van der Waals surface area contributed by atoms with Gasteiger partial charge in [-0.1, -0.05) is 0 Å². The minimum absolute atomic E-state index is 0.351. The summed E-state index contributed by atoms with van der Waals surface area (Å²) in [5.74, 6) is 0. The van der Waals surface area contributed by atoms with Gasteiger partial charge in [0.25, 0.3) is 0 Å². The maximum absolute atomic E-state index is 11.8. The van der Waals surface area contributed by atoms with E-state index in [1.54, 1.807) is 0 Å². The lowest BCUT2D eigenvalue weighted by Crippen LogP contribution is -2.03. The first-order valence-corrected chi connectivity index (χ1v) is 3.90. The molecule has 1 aromatic rings. The predicted molar refractivity (Wildman–Crippen MR) is 50.1 cm³/mol. The number of rotatable bonds is 3. The number of hydrogen-bond acceptors (Lipinski definition) is 2.